The average molecular weight is 403 g/mol. The zero-order valence-electron chi connectivity index (χ0n) is 17.0. The van der Waals surface area contributed by atoms with Gasteiger partial charge in [0.25, 0.3) is 0 Å². The molecule has 3 heterocycles. The molecule has 3 aromatic rings. The summed E-state index contributed by atoms with van der Waals surface area (Å²) in [6, 6.07) is 15.5. The Morgan fingerprint density at radius 1 is 1.20 bits per heavy atom. The third-order valence-corrected chi connectivity index (χ3v) is 5.32. The number of amides is 1. The van der Waals surface area contributed by atoms with Gasteiger partial charge in [0, 0.05) is 37.6 Å². The zero-order valence-corrected chi connectivity index (χ0v) is 17.0. The molecule has 1 aromatic carbocycles. The molecule has 1 aliphatic heterocycles. The average Bonchev–Trinajstić information content (AvgIpc) is 2.83. The van der Waals surface area contributed by atoms with Crippen molar-refractivity contribution in [3.63, 3.8) is 0 Å². The van der Waals surface area contributed by atoms with Gasteiger partial charge in [-0.3, -0.25) is 9.78 Å². The summed E-state index contributed by atoms with van der Waals surface area (Å²) >= 11 is 0. The van der Waals surface area contributed by atoms with Gasteiger partial charge < -0.3 is 15.0 Å². The minimum absolute atomic E-state index is 0.0656. The van der Waals surface area contributed by atoms with Crippen LogP contribution in [-0.2, 0) is 11.3 Å². The van der Waals surface area contributed by atoms with Crippen molar-refractivity contribution in [1.82, 2.24) is 20.5 Å². The van der Waals surface area contributed by atoms with Crippen LogP contribution >= 0.6 is 0 Å². The van der Waals surface area contributed by atoms with E-state index >= 15 is 0 Å². The molecule has 0 saturated carbocycles. The number of aromatic nitrogens is 3. The first-order valence-electron chi connectivity index (χ1n) is 10.1. The summed E-state index contributed by atoms with van der Waals surface area (Å²) in [6.07, 6.45) is 5.33. The number of hydrogen-bond acceptors (Lipinski definition) is 6. The molecule has 1 aliphatic rings. The molecule has 1 fully saturated rings. The van der Waals surface area contributed by atoms with E-state index in [9.17, 15) is 4.79 Å². The van der Waals surface area contributed by atoms with Crippen molar-refractivity contribution < 1.29 is 9.53 Å². The Hall–Kier alpha value is -3.48. The first-order chi connectivity index (χ1) is 14.7. The molecule has 4 rings (SSSR count). The van der Waals surface area contributed by atoms with Crippen molar-refractivity contribution >= 4 is 11.7 Å². The SMILES string of the molecule is COc1cccc(CNC(=O)C2CCCN(c3ccc(-c4cccnc4)nn3)C2)c1. The van der Waals surface area contributed by atoms with E-state index in [0.29, 0.717) is 13.1 Å². The molecule has 0 aliphatic carbocycles. The van der Waals surface area contributed by atoms with Crippen molar-refractivity contribution in [1.29, 1.82) is 0 Å². The van der Waals surface area contributed by atoms with Crippen molar-refractivity contribution in [3.05, 3.63) is 66.5 Å². The second-order valence-corrected chi connectivity index (χ2v) is 7.37. The fourth-order valence-corrected chi connectivity index (χ4v) is 3.68. The number of carbonyl (C=O) groups is 1. The summed E-state index contributed by atoms with van der Waals surface area (Å²) in [5.74, 6) is 1.60. The molecule has 0 radical (unpaired) electrons. The van der Waals surface area contributed by atoms with E-state index < -0.39 is 0 Å². The normalized spacial score (nSPS) is 16.2. The van der Waals surface area contributed by atoms with E-state index in [-0.39, 0.29) is 11.8 Å². The van der Waals surface area contributed by atoms with Crippen molar-refractivity contribution in [2.24, 2.45) is 5.92 Å². The maximum absolute atomic E-state index is 12.7. The molecule has 1 amide bonds. The Labute approximate surface area is 176 Å². The highest BCUT2D eigenvalue weighted by Gasteiger charge is 2.26. The molecule has 2 aromatic heterocycles. The Morgan fingerprint density at radius 2 is 2.13 bits per heavy atom. The number of benzene rings is 1. The molecule has 1 N–H and O–H groups in total. The van der Waals surface area contributed by atoms with Gasteiger partial charge in [-0.2, -0.15) is 0 Å². The van der Waals surface area contributed by atoms with Crippen molar-refractivity contribution in [2.45, 2.75) is 19.4 Å². The van der Waals surface area contributed by atoms with Crippen LogP contribution < -0.4 is 15.0 Å². The van der Waals surface area contributed by atoms with Gasteiger partial charge in [-0.05, 0) is 54.8 Å². The van der Waals surface area contributed by atoms with Crippen LogP contribution in [0.5, 0.6) is 5.75 Å². The highest BCUT2D eigenvalue weighted by Crippen LogP contribution is 2.23. The fourth-order valence-electron chi connectivity index (χ4n) is 3.68. The maximum Gasteiger partial charge on any atom is 0.225 e. The second-order valence-electron chi connectivity index (χ2n) is 7.37. The smallest absolute Gasteiger partial charge is 0.225 e. The largest absolute Gasteiger partial charge is 0.497 e. The summed E-state index contributed by atoms with van der Waals surface area (Å²) in [5, 5.41) is 11.8. The van der Waals surface area contributed by atoms with E-state index in [1.165, 1.54) is 0 Å². The van der Waals surface area contributed by atoms with Gasteiger partial charge in [-0.25, -0.2) is 0 Å². The van der Waals surface area contributed by atoms with Gasteiger partial charge in [0.05, 0.1) is 18.7 Å². The van der Waals surface area contributed by atoms with E-state index in [4.69, 9.17) is 4.74 Å². The molecular weight excluding hydrogens is 378 g/mol. The maximum atomic E-state index is 12.7. The number of piperidine rings is 1. The van der Waals surface area contributed by atoms with E-state index in [1.54, 1.807) is 19.5 Å². The summed E-state index contributed by atoms with van der Waals surface area (Å²) in [7, 11) is 1.64. The van der Waals surface area contributed by atoms with Crippen LogP contribution in [0.2, 0.25) is 0 Å². The molecule has 154 valence electrons. The second kappa shape index (κ2) is 9.35. The topological polar surface area (TPSA) is 80.2 Å². The lowest BCUT2D eigenvalue weighted by Gasteiger charge is -2.32. The molecule has 7 nitrogen and oxygen atoms in total. The number of anilines is 1. The summed E-state index contributed by atoms with van der Waals surface area (Å²) < 4.78 is 5.24. The van der Waals surface area contributed by atoms with Gasteiger partial charge in [0.2, 0.25) is 5.91 Å². The molecular formula is C23H25N5O2. The van der Waals surface area contributed by atoms with Crippen LogP contribution in [0.4, 0.5) is 5.82 Å². The molecule has 1 atom stereocenters. The first kappa shape index (κ1) is 19.8. The van der Waals surface area contributed by atoms with Gasteiger partial charge in [-0.15, -0.1) is 10.2 Å². The summed E-state index contributed by atoms with van der Waals surface area (Å²) in [5.41, 5.74) is 2.74. The first-order valence-corrected chi connectivity index (χ1v) is 10.1. The van der Waals surface area contributed by atoms with Crippen LogP contribution in [0.1, 0.15) is 18.4 Å². The van der Waals surface area contributed by atoms with E-state index in [0.717, 1.165) is 47.8 Å². The molecule has 0 bridgehead atoms. The molecule has 0 spiro atoms. The Bertz CT molecular complexity index is 978. The van der Waals surface area contributed by atoms with Crippen LogP contribution in [0.25, 0.3) is 11.3 Å². The van der Waals surface area contributed by atoms with E-state index in [2.05, 4.69) is 25.4 Å². The lowest BCUT2D eigenvalue weighted by atomic mass is 9.97. The number of nitrogens with zero attached hydrogens (tertiary/aromatic N) is 4. The molecule has 1 unspecified atom stereocenters. The highest BCUT2D eigenvalue weighted by molar-refractivity contribution is 5.79. The molecule has 30 heavy (non-hydrogen) atoms. The third kappa shape index (κ3) is 4.74. The van der Waals surface area contributed by atoms with Crippen molar-refractivity contribution in [3.8, 4) is 17.0 Å². The fraction of sp³-hybridized carbons (Fsp3) is 0.304. The number of ether oxygens (including phenoxy) is 1. The number of methoxy groups -OCH3 is 1. The number of rotatable bonds is 6. The highest BCUT2D eigenvalue weighted by atomic mass is 16.5. The summed E-state index contributed by atoms with van der Waals surface area (Å²) in [6.45, 7) is 2.01. The van der Waals surface area contributed by atoms with Crippen LogP contribution in [0.15, 0.2) is 60.9 Å². The number of carbonyl (C=O) groups excluding carboxylic acids is 1. The Kier molecular flexibility index (Phi) is 6.17. The van der Waals surface area contributed by atoms with Crippen molar-refractivity contribution in [2.75, 3.05) is 25.1 Å². The molecule has 7 heteroatoms. The Morgan fingerprint density at radius 3 is 2.90 bits per heavy atom. The molecule has 1 saturated heterocycles. The number of nitrogens with one attached hydrogen (secondary N) is 1. The van der Waals surface area contributed by atoms with Gasteiger partial charge in [0.1, 0.15) is 5.75 Å². The van der Waals surface area contributed by atoms with Crippen LogP contribution in [0.3, 0.4) is 0 Å². The quantitative estimate of drug-likeness (QED) is 0.681. The van der Waals surface area contributed by atoms with Gasteiger partial charge in [-0.1, -0.05) is 12.1 Å². The standard InChI is InChI=1S/C23H25N5O2/c1-30-20-8-2-5-17(13-20)14-25-23(29)19-7-4-12-28(16-19)22-10-9-21(26-27-22)18-6-3-11-24-15-18/h2-3,5-6,8-11,13,15,19H,4,7,12,14,16H2,1H3,(H,25,29). The lowest BCUT2D eigenvalue weighted by Crippen LogP contribution is -2.43. The van der Waals surface area contributed by atoms with Crippen LogP contribution in [0, 0.1) is 5.92 Å². The number of pyridine rings is 1. The van der Waals surface area contributed by atoms with Crippen LogP contribution in [-0.4, -0.2) is 41.3 Å². The number of hydrogen-bond donors (Lipinski definition) is 1. The predicted molar refractivity (Wildman–Crippen MR) is 115 cm³/mol. The zero-order chi connectivity index (χ0) is 20.8. The lowest BCUT2D eigenvalue weighted by molar-refractivity contribution is -0.125. The van der Waals surface area contributed by atoms with E-state index in [1.807, 2.05) is 48.5 Å². The predicted octanol–water partition coefficient (Wildman–Crippen LogP) is 3.08. The minimum Gasteiger partial charge on any atom is -0.497 e. The third-order valence-electron chi connectivity index (χ3n) is 5.32. The van der Waals surface area contributed by atoms with Gasteiger partial charge >= 0.3 is 0 Å². The Balaban J connectivity index is 1.36. The van der Waals surface area contributed by atoms with Gasteiger partial charge in [0.15, 0.2) is 5.82 Å². The monoisotopic (exact) mass is 403 g/mol. The summed E-state index contributed by atoms with van der Waals surface area (Å²) in [4.78, 5) is 19.0. The minimum atomic E-state index is -0.0656.